The molecule has 1 aromatic carbocycles. The van der Waals surface area contributed by atoms with Gasteiger partial charge in [0.25, 0.3) is 0 Å². The van der Waals surface area contributed by atoms with Crippen LogP contribution >= 0.6 is 0 Å². The third-order valence-electron chi connectivity index (χ3n) is 3.89. The van der Waals surface area contributed by atoms with Gasteiger partial charge in [0.15, 0.2) is 0 Å². The minimum Gasteiger partial charge on any atom is -0.478 e. The second-order valence-electron chi connectivity index (χ2n) is 5.62. The summed E-state index contributed by atoms with van der Waals surface area (Å²) in [5.41, 5.74) is 1.95. The summed E-state index contributed by atoms with van der Waals surface area (Å²) >= 11 is 0. The van der Waals surface area contributed by atoms with Crippen LogP contribution in [0.3, 0.4) is 0 Å². The first-order valence-corrected chi connectivity index (χ1v) is 6.62. The SMILES string of the molecule is CC1(CNCc2ccc(C(=O)O)cc2)CCCC1. The maximum atomic E-state index is 10.7. The van der Waals surface area contributed by atoms with Gasteiger partial charge in [-0.3, -0.25) is 0 Å². The number of rotatable bonds is 5. The molecule has 98 valence electrons. The van der Waals surface area contributed by atoms with Crippen LogP contribution in [-0.4, -0.2) is 17.6 Å². The van der Waals surface area contributed by atoms with Crippen molar-refractivity contribution in [1.29, 1.82) is 0 Å². The van der Waals surface area contributed by atoms with Gasteiger partial charge in [0.05, 0.1) is 5.56 Å². The molecule has 1 aliphatic rings. The Morgan fingerprint density at radius 1 is 1.28 bits per heavy atom. The number of benzene rings is 1. The maximum absolute atomic E-state index is 10.7. The van der Waals surface area contributed by atoms with E-state index in [1.165, 1.54) is 25.7 Å². The van der Waals surface area contributed by atoms with Crippen molar-refractivity contribution in [3.8, 4) is 0 Å². The van der Waals surface area contributed by atoms with Crippen LogP contribution in [0.25, 0.3) is 0 Å². The molecule has 1 saturated carbocycles. The fraction of sp³-hybridized carbons (Fsp3) is 0.533. The molecule has 3 heteroatoms. The van der Waals surface area contributed by atoms with Crippen LogP contribution in [0.1, 0.15) is 48.5 Å². The average molecular weight is 247 g/mol. The normalized spacial score (nSPS) is 17.8. The molecule has 0 atom stereocenters. The van der Waals surface area contributed by atoms with Gasteiger partial charge in [0, 0.05) is 13.1 Å². The zero-order valence-corrected chi connectivity index (χ0v) is 10.9. The van der Waals surface area contributed by atoms with Gasteiger partial charge in [-0.25, -0.2) is 4.79 Å². The Morgan fingerprint density at radius 2 is 1.89 bits per heavy atom. The fourth-order valence-electron chi connectivity index (χ4n) is 2.68. The standard InChI is InChI=1S/C15H21NO2/c1-15(8-2-3-9-15)11-16-10-12-4-6-13(7-5-12)14(17)18/h4-7,16H,2-3,8-11H2,1H3,(H,17,18). The van der Waals surface area contributed by atoms with Crippen molar-refractivity contribution in [3.05, 3.63) is 35.4 Å². The molecular formula is C15H21NO2. The molecule has 2 rings (SSSR count). The molecular weight excluding hydrogens is 226 g/mol. The summed E-state index contributed by atoms with van der Waals surface area (Å²) in [5, 5.41) is 12.3. The summed E-state index contributed by atoms with van der Waals surface area (Å²) in [6.07, 6.45) is 5.34. The summed E-state index contributed by atoms with van der Waals surface area (Å²) in [7, 11) is 0. The van der Waals surface area contributed by atoms with E-state index in [2.05, 4.69) is 12.2 Å². The van der Waals surface area contributed by atoms with Gasteiger partial charge in [0.1, 0.15) is 0 Å². The lowest BCUT2D eigenvalue weighted by molar-refractivity contribution is 0.0697. The highest BCUT2D eigenvalue weighted by atomic mass is 16.4. The molecule has 0 radical (unpaired) electrons. The first-order valence-electron chi connectivity index (χ1n) is 6.62. The second-order valence-corrected chi connectivity index (χ2v) is 5.62. The van der Waals surface area contributed by atoms with E-state index < -0.39 is 5.97 Å². The number of aromatic carboxylic acids is 1. The summed E-state index contributed by atoms with van der Waals surface area (Å²) in [4.78, 5) is 10.7. The number of hydrogen-bond donors (Lipinski definition) is 2. The second kappa shape index (κ2) is 5.53. The maximum Gasteiger partial charge on any atom is 0.335 e. The highest BCUT2D eigenvalue weighted by Crippen LogP contribution is 2.36. The lowest BCUT2D eigenvalue weighted by atomic mass is 9.89. The predicted octanol–water partition coefficient (Wildman–Crippen LogP) is 3.05. The zero-order chi connectivity index (χ0) is 13.0. The van der Waals surface area contributed by atoms with Crippen molar-refractivity contribution in [1.82, 2.24) is 5.32 Å². The van der Waals surface area contributed by atoms with E-state index in [-0.39, 0.29) is 0 Å². The smallest absolute Gasteiger partial charge is 0.335 e. The van der Waals surface area contributed by atoms with Gasteiger partial charge in [0.2, 0.25) is 0 Å². The molecule has 0 unspecified atom stereocenters. The van der Waals surface area contributed by atoms with E-state index in [4.69, 9.17) is 5.11 Å². The quantitative estimate of drug-likeness (QED) is 0.840. The number of carbonyl (C=O) groups is 1. The van der Waals surface area contributed by atoms with Crippen LogP contribution in [0.4, 0.5) is 0 Å². The minimum atomic E-state index is -0.868. The number of carboxylic acids is 1. The van der Waals surface area contributed by atoms with Crippen LogP contribution in [0.5, 0.6) is 0 Å². The van der Waals surface area contributed by atoms with Gasteiger partial charge in [-0.2, -0.15) is 0 Å². The summed E-state index contributed by atoms with van der Waals surface area (Å²) in [6, 6.07) is 7.09. The van der Waals surface area contributed by atoms with Gasteiger partial charge in [-0.15, -0.1) is 0 Å². The molecule has 0 aliphatic heterocycles. The van der Waals surface area contributed by atoms with Gasteiger partial charge >= 0.3 is 5.97 Å². The Hall–Kier alpha value is -1.35. The van der Waals surface area contributed by atoms with E-state index >= 15 is 0 Å². The predicted molar refractivity (Wildman–Crippen MR) is 71.7 cm³/mol. The van der Waals surface area contributed by atoms with Crippen LogP contribution in [0.15, 0.2) is 24.3 Å². The topological polar surface area (TPSA) is 49.3 Å². The molecule has 0 bridgehead atoms. The first-order chi connectivity index (χ1) is 8.59. The van der Waals surface area contributed by atoms with Crippen LogP contribution < -0.4 is 5.32 Å². The van der Waals surface area contributed by atoms with Crippen molar-refractivity contribution in [2.24, 2.45) is 5.41 Å². The third-order valence-corrected chi connectivity index (χ3v) is 3.89. The van der Waals surface area contributed by atoms with E-state index in [1.54, 1.807) is 12.1 Å². The molecule has 3 nitrogen and oxygen atoms in total. The third kappa shape index (κ3) is 3.33. The Morgan fingerprint density at radius 3 is 2.44 bits per heavy atom. The molecule has 0 amide bonds. The molecule has 1 aliphatic carbocycles. The number of nitrogens with one attached hydrogen (secondary N) is 1. The molecule has 18 heavy (non-hydrogen) atoms. The van der Waals surface area contributed by atoms with Gasteiger partial charge in [-0.05, 0) is 36.0 Å². The highest BCUT2D eigenvalue weighted by Gasteiger charge is 2.27. The summed E-state index contributed by atoms with van der Waals surface area (Å²) in [6.45, 7) is 4.21. The molecule has 0 aromatic heterocycles. The van der Waals surface area contributed by atoms with Crippen LogP contribution in [-0.2, 0) is 6.54 Å². The van der Waals surface area contributed by atoms with Crippen molar-refractivity contribution in [2.75, 3.05) is 6.54 Å². The molecule has 1 aromatic rings. The first kappa shape index (κ1) is 13.1. The van der Waals surface area contributed by atoms with Crippen LogP contribution in [0.2, 0.25) is 0 Å². The van der Waals surface area contributed by atoms with Crippen LogP contribution in [0, 0.1) is 5.41 Å². The molecule has 0 spiro atoms. The Balaban J connectivity index is 1.81. The largest absolute Gasteiger partial charge is 0.478 e. The van der Waals surface area contributed by atoms with Crippen molar-refractivity contribution >= 4 is 5.97 Å². The number of carboxylic acid groups (broad SMARTS) is 1. The van der Waals surface area contributed by atoms with Crippen molar-refractivity contribution in [2.45, 2.75) is 39.2 Å². The Bertz CT molecular complexity index is 405. The fourth-order valence-corrected chi connectivity index (χ4v) is 2.68. The van der Waals surface area contributed by atoms with Crippen molar-refractivity contribution in [3.63, 3.8) is 0 Å². The van der Waals surface area contributed by atoms with Gasteiger partial charge in [-0.1, -0.05) is 31.9 Å². The molecule has 0 heterocycles. The number of hydrogen-bond acceptors (Lipinski definition) is 2. The van der Waals surface area contributed by atoms with E-state index in [0.717, 1.165) is 18.7 Å². The van der Waals surface area contributed by atoms with E-state index in [1.807, 2.05) is 12.1 Å². The summed E-state index contributed by atoms with van der Waals surface area (Å²) in [5.74, 6) is -0.868. The Kier molecular flexibility index (Phi) is 4.02. The van der Waals surface area contributed by atoms with E-state index in [9.17, 15) is 4.79 Å². The lowest BCUT2D eigenvalue weighted by Crippen LogP contribution is -2.29. The minimum absolute atomic E-state index is 0.349. The monoisotopic (exact) mass is 247 g/mol. The Labute approximate surface area is 108 Å². The van der Waals surface area contributed by atoms with Gasteiger partial charge < -0.3 is 10.4 Å². The molecule has 0 saturated heterocycles. The van der Waals surface area contributed by atoms with Crippen molar-refractivity contribution < 1.29 is 9.90 Å². The lowest BCUT2D eigenvalue weighted by Gasteiger charge is -2.23. The summed E-state index contributed by atoms with van der Waals surface area (Å²) < 4.78 is 0. The highest BCUT2D eigenvalue weighted by molar-refractivity contribution is 5.87. The molecule has 2 N–H and O–H groups in total. The molecule has 1 fully saturated rings. The zero-order valence-electron chi connectivity index (χ0n) is 10.9. The average Bonchev–Trinajstić information content (AvgIpc) is 2.77. The van der Waals surface area contributed by atoms with E-state index in [0.29, 0.717) is 11.0 Å².